The molecule has 1 aromatic heterocycles. The fourth-order valence-electron chi connectivity index (χ4n) is 2.23. The molecule has 2 atom stereocenters. The van der Waals surface area contributed by atoms with Crippen molar-refractivity contribution in [2.75, 3.05) is 0 Å². The molecule has 5 nitrogen and oxygen atoms in total. The SMILES string of the molecule is C[C@H](O)C(CCc1ccccc1)c1nc(C(N)=O)c[nH]1. The molecule has 106 valence electrons. The van der Waals surface area contributed by atoms with Gasteiger partial charge in [0.05, 0.1) is 6.10 Å². The van der Waals surface area contributed by atoms with Crippen molar-refractivity contribution in [3.05, 3.63) is 53.6 Å². The lowest BCUT2D eigenvalue weighted by Gasteiger charge is -2.17. The van der Waals surface area contributed by atoms with E-state index in [-0.39, 0.29) is 11.6 Å². The first-order chi connectivity index (χ1) is 9.58. The number of nitrogens with one attached hydrogen (secondary N) is 1. The second-order valence-electron chi connectivity index (χ2n) is 4.91. The van der Waals surface area contributed by atoms with Gasteiger partial charge in [-0.05, 0) is 25.3 Å². The molecule has 0 spiro atoms. The fourth-order valence-corrected chi connectivity index (χ4v) is 2.23. The van der Waals surface area contributed by atoms with E-state index in [4.69, 9.17) is 5.73 Å². The number of H-pyrrole nitrogens is 1. The van der Waals surface area contributed by atoms with Crippen molar-refractivity contribution in [1.82, 2.24) is 9.97 Å². The van der Waals surface area contributed by atoms with E-state index < -0.39 is 12.0 Å². The van der Waals surface area contributed by atoms with E-state index in [1.807, 2.05) is 18.2 Å². The van der Waals surface area contributed by atoms with Crippen molar-refractivity contribution in [2.24, 2.45) is 5.73 Å². The Morgan fingerprint density at radius 2 is 2.10 bits per heavy atom. The third-order valence-corrected chi connectivity index (χ3v) is 3.37. The number of aliphatic hydroxyl groups excluding tert-OH is 1. The fraction of sp³-hybridized carbons (Fsp3) is 0.333. The van der Waals surface area contributed by atoms with Crippen LogP contribution in [0.1, 0.15) is 41.1 Å². The maximum Gasteiger partial charge on any atom is 0.268 e. The third kappa shape index (κ3) is 3.45. The number of nitrogens with zero attached hydrogens (tertiary/aromatic N) is 1. The van der Waals surface area contributed by atoms with Gasteiger partial charge in [0.2, 0.25) is 0 Å². The second kappa shape index (κ2) is 6.34. The number of amides is 1. The minimum atomic E-state index is -0.570. The Morgan fingerprint density at radius 3 is 2.65 bits per heavy atom. The van der Waals surface area contributed by atoms with E-state index in [0.717, 1.165) is 12.8 Å². The van der Waals surface area contributed by atoms with Crippen LogP contribution >= 0.6 is 0 Å². The Morgan fingerprint density at radius 1 is 1.40 bits per heavy atom. The summed E-state index contributed by atoms with van der Waals surface area (Å²) in [5, 5.41) is 9.92. The highest BCUT2D eigenvalue weighted by molar-refractivity contribution is 5.90. The van der Waals surface area contributed by atoms with Crippen LogP contribution in [-0.2, 0) is 6.42 Å². The van der Waals surface area contributed by atoms with Gasteiger partial charge in [-0.1, -0.05) is 30.3 Å². The maximum atomic E-state index is 11.1. The van der Waals surface area contributed by atoms with Gasteiger partial charge in [0.1, 0.15) is 11.5 Å². The van der Waals surface area contributed by atoms with Gasteiger partial charge in [-0.3, -0.25) is 4.79 Å². The van der Waals surface area contributed by atoms with Gasteiger partial charge in [0, 0.05) is 12.1 Å². The van der Waals surface area contributed by atoms with Crippen molar-refractivity contribution in [2.45, 2.75) is 31.8 Å². The van der Waals surface area contributed by atoms with Crippen LogP contribution in [0, 0.1) is 0 Å². The molecule has 0 saturated carbocycles. The van der Waals surface area contributed by atoms with Gasteiger partial charge in [-0.25, -0.2) is 4.98 Å². The maximum absolute atomic E-state index is 11.1. The predicted molar refractivity (Wildman–Crippen MR) is 76.3 cm³/mol. The van der Waals surface area contributed by atoms with E-state index >= 15 is 0 Å². The van der Waals surface area contributed by atoms with Crippen molar-refractivity contribution in [3.63, 3.8) is 0 Å². The molecule has 2 aromatic rings. The number of aromatic nitrogens is 2. The summed E-state index contributed by atoms with van der Waals surface area (Å²) in [5.41, 5.74) is 6.59. The summed E-state index contributed by atoms with van der Waals surface area (Å²) in [7, 11) is 0. The lowest BCUT2D eigenvalue weighted by molar-refractivity contribution is 0.0995. The predicted octanol–water partition coefficient (Wildman–Crippen LogP) is 1.61. The van der Waals surface area contributed by atoms with Crippen LogP contribution < -0.4 is 5.73 Å². The van der Waals surface area contributed by atoms with Gasteiger partial charge in [-0.2, -0.15) is 0 Å². The number of aliphatic hydroxyl groups is 1. The smallest absolute Gasteiger partial charge is 0.268 e. The van der Waals surface area contributed by atoms with Crippen LogP contribution in [0.25, 0.3) is 0 Å². The molecule has 2 rings (SSSR count). The number of aryl methyl sites for hydroxylation is 1. The molecule has 1 unspecified atom stereocenters. The average molecular weight is 273 g/mol. The van der Waals surface area contributed by atoms with Crippen molar-refractivity contribution >= 4 is 5.91 Å². The summed E-state index contributed by atoms with van der Waals surface area (Å²) in [4.78, 5) is 18.1. The normalized spacial score (nSPS) is 13.9. The molecule has 0 radical (unpaired) electrons. The molecule has 0 saturated heterocycles. The molecule has 0 fully saturated rings. The Kier molecular flexibility index (Phi) is 4.53. The number of aromatic amines is 1. The molecule has 5 heteroatoms. The van der Waals surface area contributed by atoms with Gasteiger partial charge in [0.15, 0.2) is 0 Å². The Labute approximate surface area is 117 Å². The van der Waals surface area contributed by atoms with E-state index in [9.17, 15) is 9.90 Å². The molecule has 1 heterocycles. The van der Waals surface area contributed by atoms with Crippen LogP contribution in [0.15, 0.2) is 36.5 Å². The van der Waals surface area contributed by atoms with Gasteiger partial charge < -0.3 is 15.8 Å². The lowest BCUT2D eigenvalue weighted by atomic mass is 9.94. The van der Waals surface area contributed by atoms with Crippen LogP contribution in [0.4, 0.5) is 0 Å². The van der Waals surface area contributed by atoms with E-state index in [2.05, 4.69) is 22.1 Å². The Bertz CT molecular complexity index is 564. The van der Waals surface area contributed by atoms with Crippen molar-refractivity contribution < 1.29 is 9.90 Å². The number of hydrogen-bond acceptors (Lipinski definition) is 3. The van der Waals surface area contributed by atoms with Crippen LogP contribution in [-0.4, -0.2) is 27.1 Å². The molecule has 0 aliphatic heterocycles. The quantitative estimate of drug-likeness (QED) is 0.746. The molecular weight excluding hydrogens is 254 g/mol. The number of carbonyl (C=O) groups is 1. The number of rotatable bonds is 6. The monoisotopic (exact) mass is 273 g/mol. The number of nitrogens with two attached hydrogens (primary N) is 1. The number of hydrogen-bond donors (Lipinski definition) is 3. The van der Waals surface area contributed by atoms with Gasteiger partial charge in [0.25, 0.3) is 5.91 Å². The third-order valence-electron chi connectivity index (χ3n) is 3.37. The van der Waals surface area contributed by atoms with Crippen molar-refractivity contribution in [1.29, 1.82) is 0 Å². The van der Waals surface area contributed by atoms with Crippen LogP contribution in [0.3, 0.4) is 0 Å². The molecule has 20 heavy (non-hydrogen) atoms. The van der Waals surface area contributed by atoms with Crippen LogP contribution in [0.2, 0.25) is 0 Å². The zero-order chi connectivity index (χ0) is 14.5. The summed E-state index contributed by atoms with van der Waals surface area (Å²) in [6.07, 6.45) is 2.51. The first-order valence-electron chi connectivity index (χ1n) is 6.65. The summed E-state index contributed by atoms with van der Waals surface area (Å²) < 4.78 is 0. The van der Waals surface area contributed by atoms with Gasteiger partial charge in [-0.15, -0.1) is 0 Å². The number of imidazole rings is 1. The summed E-state index contributed by atoms with van der Waals surface area (Å²) >= 11 is 0. The lowest BCUT2D eigenvalue weighted by Crippen LogP contribution is -2.18. The standard InChI is InChI=1S/C15H19N3O2/c1-10(19)12(8-7-11-5-3-2-4-6-11)15-17-9-13(18-15)14(16)20/h2-6,9-10,12,19H,7-8H2,1H3,(H2,16,20)(H,17,18)/t10-,12?/m0/s1. The Hall–Kier alpha value is -2.14. The minimum absolute atomic E-state index is 0.150. The molecule has 1 amide bonds. The first kappa shape index (κ1) is 14.3. The second-order valence-corrected chi connectivity index (χ2v) is 4.91. The zero-order valence-electron chi connectivity index (χ0n) is 11.4. The van der Waals surface area contributed by atoms with Crippen LogP contribution in [0.5, 0.6) is 0 Å². The first-order valence-corrected chi connectivity index (χ1v) is 6.65. The zero-order valence-corrected chi connectivity index (χ0v) is 11.4. The van der Waals surface area contributed by atoms with E-state index in [1.165, 1.54) is 11.8 Å². The molecular formula is C15H19N3O2. The number of primary amides is 1. The number of benzene rings is 1. The highest BCUT2D eigenvalue weighted by atomic mass is 16.3. The van der Waals surface area contributed by atoms with E-state index in [0.29, 0.717) is 5.82 Å². The molecule has 0 aliphatic carbocycles. The summed E-state index contributed by atoms with van der Waals surface area (Å²) in [6, 6.07) is 10.1. The highest BCUT2D eigenvalue weighted by Gasteiger charge is 2.21. The number of carbonyl (C=O) groups excluding carboxylic acids is 1. The largest absolute Gasteiger partial charge is 0.393 e. The molecule has 4 N–H and O–H groups in total. The van der Waals surface area contributed by atoms with Gasteiger partial charge >= 0.3 is 0 Å². The minimum Gasteiger partial charge on any atom is -0.393 e. The summed E-state index contributed by atoms with van der Waals surface area (Å²) in [5.74, 6) is -0.118. The Balaban J connectivity index is 2.08. The van der Waals surface area contributed by atoms with Crippen molar-refractivity contribution in [3.8, 4) is 0 Å². The molecule has 0 bridgehead atoms. The molecule has 1 aromatic carbocycles. The average Bonchev–Trinajstić information content (AvgIpc) is 2.89. The topological polar surface area (TPSA) is 92.0 Å². The highest BCUT2D eigenvalue weighted by Crippen LogP contribution is 2.23. The molecule has 0 aliphatic rings. The van der Waals surface area contributed by atoms with E-state index in [1.54, 1.807) is 6.92 Å². The summed E-state index contributed by atoms with van der Waals surface area (Å²) in [6.45, 7) is 1.72.